The van der Waals surface area contributed by atoms with Crippen LogP contribution in [-0.2, 0) is 17.6 Å². The Kier molecular flexibility index (Phi) is 7.01. The van der Waals surface area contributed by atoms with Crippen molar-refractivity contribution in [1.29, 1.82) is 0 Å². The van der Waals surface area contributed by atoms with Gasteiger partial charge in [0.05, 0.1) is 5.69 Å². The summed E-state index contributed by atoms with van der Waals surface area (Å²) in [7, 11) is 0. The van der Waals surface area contributed by atoms with Crippen LogP contribution in [-0.4, -0.2) is 31.0 Å². The second-order valence-corrected chi connectivity index (χ2v) is 9.41. The molecule has 0 bridgehead atoms. The molecule has 0 aliphatic heterocycles. The van der Waals surface area contributed by atoms with Gasteiger partial charge in [0.15, 0.2) is 5.13 Å². The van der Waals surface area contributed by atoms with Gasteiger partial charge in [-0.15, -0.1) is 0 Å². The lowest BCUT2D eigenvalue weighted by Gasteiger charge is -2.11. The minimum Gasteiger partial charge on any atom is -0.481 e. The van der Waals surface area contributed by atoms with Crippen molar-refractivity contribution in [3.63, 3.8) is 0 Å². The number of thiazole rings is 1. The first-order valence-electron chi connectivity index (χ1n) is 11.2. The summed E-state index contributed by atoms with van der Waals surface area (Å²) in [6.45, 7) is 0. The van der Waals surface area contributed by atoms with Crippen LogP contribution in [0.4, 0.5) is 22.6 Å². The van der Waals surface area contributed by atoms with Crippen molar-refractivity contribution in [1.82, 2.24) is 19.9 Å². The van der Waals surface area contributed by atoms with E-state index in [1.165, 1.54) is 11.3 Å². The van der Waals surface area contributed by atoms with E-state index in [4.69, 9.17) is 21.7 Å². The van der Waals surface area contributed by atoms with Crippen molar-refractivity contribution in [3.8, 4) is 0 Å². The lowest BCUT2D eigenvalue weighted by molar-refractivity contribution is -0.136. The second kappa shape index (κ2) is 10.7. The molecule has 3 heterocycles. The molecule has 0 aliphatic carbocycles. The molecular formula is C26H21ClN6O2S. The number of nitrogens with one attached hydrogen (secondary N) is 2. The van der Waals surface area contributed by atoms with Gasteiger partial charge in [-0.3, -0.25) is 4.79 Å². The lowest BCUT2D eigenvalue weighted by Crippen LogP contribution is -2.04. The van der Waals surface area contributed by atoms with Gasteiger partial charge in [0, 0.05) is 24.6 Å². The number of nitrogens with zero attached hydrogens (tertiary/aromatic N) is 4. The van der Waals surface area contributed by atoms with E-state index >= 15 is 0 Å². The Morgan fingerprint density at radius 1 is 0.889 bits per heavy atom. The highest BCUT2D eigenvalue weighted by molar-refractivity contribution is 7.21. The first kappa shape index (κ1) is 23.7. The number of hydrogen-bond acceptors (Lipinski definition) is 8. The fourth-order valence-corrected chi connectivity index (χ4v) is 4.65. The summed E-state index contributed by atoms with van der Waals surface area (Å²) in [5, 5.41) is 16.5. The Morgan fingerprint density at radius 2 is 1.69 bits per heavy atom. The van der Waals surface area contributed by atoms with E-state index in [1.807, 2.05) is 54.6 Å². The van der Waals surface area contributed by atoms with Gasteiger partial charge in [0.2, 0.25) is 5.95 Å². The fraction of sp³-hybridized carbons (Fsp3) is 0.115. The van der Waals surface area contributed by atoms with E-state index in [0.717, 1.165) is 32.9 Å². The average Bonchev–Trinajstić information content (AvgIpc) is 3.25. The molecule has 0 saturated carbocycles. The standard InChI is InChI=1S/C26H21ClN6O2S/c27-21-12-11-20-24(31-21)36-26(30-20)33-22-15-19(14-17-4-2-1-3-5-17)29-25(32-22)28-18-9-6-16(7-10-18)8-13-23(34)35/h1-7,9-12,15H,8,13-14H2,(H,34,35)(H2,28,29,30,32,33). The highest BCUT2D eigenvalue weighted by Gasteiger charge is 2.11. The molecule has 3 N–H and O–H groups in total. The van der Waals surface area contributed by atoms with Gasteiger partial charge in [0.25, 0.3) is 0 Å². The third-order valence-corrected chi connectivity index (χ3v) is 6.39. The molecule has 0 saturated heterocycles. The summed E-state index contributed by atoms with van der Waals surface area (Å²) in [5.41, 5.74) is 4.48. The molecule has 10 heteroatoms. The average molecular weight is 517 g/mol. The summed E-state index contributed by atoms with van der Waals surface area (Å²) in [6, 6.07) is 23.1. The molecule has 0 atom stereocenters. The Morgan fingerprint density at radius 3 is 2.47 bits per heavy atom. The van der Waals surface area contributed by atoms with Gasteiger partial charge >= 0.3 is 5.97 Å². The van der Waals surface area contributed by atoms with Gasteiger partial charge in [-0.05, 0) is 41.8 Å². The Hall–Kier alpha value is -4.08. The van der Waals surface area contributed by atoms with E-state index < -0.39 is 5.97 Å². The molecule has 36 heavy (non-hydrogen) atoms. The molecule has 0 radical (unpaired) electrons. The number of carboxylic acid groups (broad SMARTS) is 1. The largest absolute Gasteiger partial charge is 0.481 e. The molecule has 3 aromatic heterocycles. The van der Waals surface area contributed by atoms with Crippen LogP contribution >= 0.6 is 22.9 Å². The highest BCUT2D eigenvalue weighted by atomic mass is 35.5. The number of benzene rings is 2. The number of aliphatic carboxylic acids is 1. The Balaban J connectivity index is 1.41. The molecule has 0 unspecified atom stereocenters. The maximum Gasteiger partial charge on any atom is 0.303 e. The Labute approximate surface area is 216 Å². The van der Waals surface area contributed by atoms with E-state index in [9.17, 15) is 4.79 Å². The predicted octanol–water partition coefficient (Wildman–Crippen LogP) is 6.23. The number of carbonyl (C=O) groups is 1. The third-order valence-electron chi connectivity index (χ3n) is 5.30. The SMILES string of the molecule is O=C(O)CCc1ccc(Nc2nc(Cc3ccccc3)cc(Nc3nc4ccc(Cl)nc4s3)n2)cc1. The number of hydrogen-bond donors (Lipinski definition) is 3. The smallest absolute Gasteiger partial charge is 0.303 e. The van der Waals surface area contributed by atoms with Crippen molar-refractivity contribution in [3.05, 3.63) is 94.8 Å². The van der Waals surface area contributed by atoms with Gasteiger partial charge in [-0.25, -0.2) is 15.0 Å². The minimum atomic E-state index is -0.812. The number of aryl methyl sites for hydroxylation is 1. The van der Waals surface area contributed by atoms with Crippen LogP contribution in [0.5, 0.6) is 0 Å². The number of pyridine rings is 1. The second-order valence-electron chi connectivity index (χ2n) is 8.05. The van der Waals surface area contributed by atoms with Gasteiger partial charge < -0.3 is 15.7 Å². The normalized spacial score (nSPS) is 10.9. The maximum absolute atomic E-state index is 10.8. The summed E-state index contributed by atoms with van der Waals surface area (Å²) in [6.07, 6.45) is 1.22. The topological polar surface area (TPSA) is 113 Å². The van der Waals surface area contributed by atoms with Crippen LogP contribution in [0.15, 0.2) is 72.8 Å². The van der Waals surface area contributed by atoms with Crippen LogP contribution in [0.2, 0.25) is 5.15 Å². The molecule has 0 amide bonds. The summed E-state index contributed by atoms with van der Waals surface area (Å²) in [4.78, 5) is 29.8. The van der Waals surface area contributed by atoms with E-state index in [1.54, 1.807) is 6.07 Å². The minimum absolute atomic E-state index is 0.0972. The maximum atomic E-state index is 10.8. The van der Waals surface area contributed by atoms with Crippen molar-refractivity contribution < 1.29 is 9.90 Å². The van der Waals surface area contributed by atoms with Crippen LogP contribution in [0.3, 0.4) is 0 Å². The van der Waals surface area contributed by atoms with E-state index in [2.05, 4.69) is 37.7 Å². The van der Waals surface area contributed by atoms with E-state index in [0.29, 0.717) is 34.9 Å². The number of aromatic nitrogens is 4. The van der Waals surface area contributed by atoms with Crippen LogP contribution in [0, 0.1) is 0 Å². The van der Waals surface area contributed by atoms with Gasteiger partial charge in [-0.2, -0.15) is 4.98 Å². The molecule has 0 aliphatic rings. The van der Waals surface area contributed by atoms with Crippen molar-refractivity contribution >= 4 is 61.8 Å². The van der Waals surface area contributed by atoms with Crippen LogP contribution in [0.25, 0.3) is 10.3 Å². The van der Waals surface area contributed by atoms with Crippen molar-refractivity contribution in [2.75, 3.05) is 10.6 Å². The zero-order valence-corrected chi connectivity index (χ0v) is 20.6. The third kappa shape index (κ3) is 6.12. The predicted molar refractivity (Wildman–Crippen MR) is 143 cm³/mol. The zero-order valence-electron chi connectivity index (χ0n) is 19.0. The molecule has 180 valence electrons. The summed E-state index contributed by atoms with van der Waals surface area (Å²) >= 11 is 7.41. The van der Waals surface area contributed by atoms with Crippen LogP contribution < -0.4 is 10.6 Å². The molecular weight excluding hydrogens is 496 g/mol. The van der Waals surface area contributed by atoms with Gasteiger partial charge in [-0.1, -0.05) is 65.4 Å². The summed E-state index contributed by atoms with van der Waals surface area (Å²) < 4.78 is 0. The number of anilines is 4. The first-order chi connectivity index (χ1) is 17.5. The molecule has 0 fully saturated rings. The quantitative estimate of drug-likeness (QED) is 0.198. The fourth-order valence-electron chi connectivity index (χ4n) is 3.61. The molecule has 5 aromatic rings. The van der Waals surface area contributed by atoms with Gasteiger partial charge in [0.1, 0.15) is 21.3 Å². The van der Waals surface area contributed by atoms with E-state index in [-0.39, 0.29) is 6.42 Å². The Bertz CT molecular complexity index is 1510. The zero-order chi connectivity index (χ0) is 24.9. The first-order valence-corrected chi connectivity index (χ1v) is 12.4. The van der Waals surface area contributed by atoms with Crippen molar-refractivity contribution in [2.45, 2.75) is 19.3 Å². The molecule has 0 spiro atoms. The van der Waals surface area contributed by atoms with Crippen molar-refractivity contribution in [2.24, 2.45) is 0 Å². The lowest BCUT2D eigenvalue weighted by atomic mass is 10.1. The number of fused-ring (bicyclic) bond motifs is 1. The molecule has 2 aromatic carbocycles. The number of rotatable bonds is 9. The molecule has 8 nitrogen and oxygen atoms in total. The number of halogens is 1. The monoisotopic (exact) mass is 516 g/mol. The summed E-state index contributed by atoms with van der Waals surface area (Å²) in [5.74, 6) is 0.223. The molecule has 5 rings (SSSR count). The van der Waals surface area contributed by atoms with Crippen LogP contribution in [0.1, 0.15) is 23.2 Å². The number of carboxylic acids is 1. The highest BCUT2D eigenvalue weighted by Crippen LogP contribution is 2.28.